The maximum atomic E-state index is 2.59. The number of rotatable bonds is 34. The van der Waals surface area contributed by atoms with E-state index in [-0.39, 0.29) is 37.2 Å². The predicted molar refractivity (Wildman–Crippen MR) is 192 cm³/mol. The summed E-state index contributed by atoms with van der Waals surface area (Å²) in [7, 11) is 0. The van der Waals surface area contributed by atoms with E-state index in [0.717, 1.165) is 0 Å². The fourth-order valence-electron chi connectivity index (χ4n) is 5.81. The number of hydrogen-bond donors (Lipinski definition) is 0. The van der Waals surface area contributed by atoms with Crippen molar-refractivity contribution >= 4 is 37.2 Å². The van der Waals surface area contributed by atoms with Gasteiger partial charge in [0, 0.05) is 0 Å². The van der Waals surface area contributed by atoms with Crippen LogP contribution >= 0.6 is 37.2 Å². The topological polar surface area (TPSA) is 3.24 Å². The predicted octanol–water partition coefficient (Wildman–Crippen LogP) is 14.5. The standard InChI is InChI=1S/C36H74N.3ClH.Ti/c1-3-5-7-9-11-13-15-17-19-21-23-25-27-29-31-33-35-37-36-34-32-30-28-26-24-22-20-18-16-14-12-10-8-6-4-2;;;;/h3-36H2,1-2H3;3*1H;/q-1;;;;+1. The molecule has 0 atom stereocenters. The Morgan fingerprint density at radius 1 is 0.268 bits per heavy atom. The van der Waals surface area contributed by atoms with Gasteiger partial charge in [-0.3, -0.25) is 0 Å². The van der Waals surface area contributed by atoms with Crippen molar-refractivity contribution in [3.05, 3.63) is 0 Å². The van der Waals surface area contributed by atoms with Crippen LogP contribution in [0.3, 0.4) is 0 Å². The molecule has 0 aliphatic rings. The molecule has 0 saturated carbocycles. The Morgan fingerprint density at radius 2 is 0.415 bits per heavy atom. The quantitative estimate of drug-likeness (QED) is 0.0484. The smallest absolute Gasteiger partial charge is 0.147 e. The average Bonchev–Trinajstić information content (AvgIpc) is 2.92. The second-order valence-corrected chi connectivity index (χ2v) is 13.6. The van der Waals surface area contributed by atoms with Crippen LogP contribution < -0.4 is 0 Å². The van der Waals surface area contributed by atoms with Gasteiger partial charge < -0.3 is 0 Å². The van der Waals surface area contributed by atoms with E-state index in [1.165, 1.54) is 219 Å². The molecule has 0 rings (SSSR count). The molecule has 41 heavy (non-hydrogen) atoms. The Bertz CT molecular complexity index is 378. The summed E-state index contributed by atoms with van der Waals surface area (Å²) in [5.41, 5.74) is 0. The number of nitrogens with zero attached hydrogens (tertiary/aromatic N) is 1. The first-order valence-electron chi connectivity index (χ1n) is 18.3. The van der Waals surface area contributed by atoms with Crippen LogP contribution in [-0.2, 0) is 20.7 Å². The van der Waals surface area contributed by atoms with E-state index >= 15 is 0 Å². The van der Waals surface area contributed by atoms with Gasteiger partial charge in [-0.25, -0.2) is 0 Å². The second-order valence-electron chi connectivity index (χ2n) is 12.6. The molecule has 251 valence electrons. The van der Waals surface area contributed by atoms with Gasteiger partial charge in [0.1, 0.15) is 0 Å². The van der Waals surface area contributed by atoms with Crippen LogP contribution in [0.15, 0.2) is 0 Å². The van der Waals surface area contributed by atoms with E-state index in [4.69, 9.17) is 0 Å². The van der Waals surface area contributed by atoms with Gasteiger partial charge in [-0.1, -0.05) is 90.9 Å². The van der Waals surface area contributed by atoms with Crippen molar-refractivity contribution in [3.63, 3.8) is 0 Å². The second kappa shape index (κ2) is 46.0. The molecule has 1 nitrogen and oxygen atoms in total. The summed E-state index contributed by atoms with van der Waals surface area (Å²) >= 11 is 2.34. The summed E-state index contributed by atoms with van der Waals surface area (Å²) in [5, 5.41) is 0. The number of halogens is 3. The fraction of sp³-hybridized carbons (Fsp3) is 1.00. The summed E-state index contributed by atoms with van der Waals surface area (Å²) in [6, 6.07) is 0. The first-order chi connectivity index (χ1) is 18.8. The van der Waals surface area contributed by atoms with Crippen molar-refractivity contribution in [3.8, 4) is 0 Å². The van der Waals surface area contributed by atoms with Crippen LogP contribution in [0.2, 0.25) is 0 Å². The third-order valence-corrected chi connectivity index (χ3v) is 9.26. The summed E-state index contributed by atoms with van der Waals surface area (Å²) in [4.78, 5) is 0. The number of unbranched alkanes of at least 4 members (excludes halogenated alkanes) is 30. The third-order valence-electron chi connectivity index (χ3n) is 8.56. The first kappa shape index (κ1) is 49.4. The van der Waals surface area contributed by atoms with E-state index < -0.39 is 0 Å². The van der Waals surface area contributed by atoms with Crippen LogP contribution in [0.4, 0.5) is 0 Å². The van der Waals surface area contributed by atoms with Gasteiger partial charge in [0.2, 0.25) is 0 Å². The van der Waals surface area contributed by atoms with Gasteiger partial charge >= 0.3 is 166 Å². The van der Waals surface area contributed by atoms with E-state index in [1.807, 2.05) is 0 Å². The molecule has 0 radical (unpaired) electrons. The molecular formula is C36H77Cl3NTi. The monoisotopic (exact) mass is 676 g/mol. The zero-order chi connectivity index (χ0) is 27.6. The summed E-state index contributed by atoms with van der Waals surface area (Å²) in [5.74, 6) is 0. The summed E-state index contributed by atoms with van der Waals surface area (Å²) < 4.78 is 2.59. The molecule has 0 spiro atoms. The van der Waals surface area contributed by atoms with Crippen LogP contribution in [-0.4, -0.2) is 16.5 Å². The summed E-state index contributed by atoms with van der Waals surface area (Å²) in [6.45, 7) is 7.25. The van der Waals surface area contributed by atoms with Gasteiger partial charge in [-0.05, 0) is 0 Å². The van der Waals surface area contributed by atoms with Crippen molar-refractivity contribution in [2.45, 2.75) is 219 Å². The molecule has 0 amide bonds. The fourth-order valence-corrected chi connectivity index (χ4v) is 6.31. The Labute approximate surface area is 292 Å². The maximum absolute atomic E-state index is 2.59. The molecule has 0 aliphatic carbocycles. The Kier molecular flexibility index (Phi) is 55.4. The van der Waals surface area contributed by atoms with Crippen LogP contribution in [0.25, 0.3) is 0 Å². The Morgan fingerprint density at radius 3 is 0.585 bits per heavy atom. The minimum atomic E-state index is 0. The van der Waals surface area contributed by atoms with Gasteiger partial charge in [0.25, 0.3) is 0 Å². The van der Waals surface area contributed by atoms with Crippen molar-refractivity contribution in [1.29, 1.82) is 0 Å². The van der Waals surface area contributed by atoms with E-state index in [0.29, 0.717) is 0 Å². The molecule has 0 unspecified atom stereocenters. The molecule has 0 N–H and O–H groups in total. The zero-order valence-electron chi connectivity index (χ0n) is 28.2. The van der Waals surface area contributed by atoms with Gasteiger partial charge in [0.05, 0.1) is 0 Å². The first-order valence-corrected chi connectivity index (χ1v) is 19.0. The van der Waals surface area contributed by atoms with Gasteiger partial charge in [-0.2, -0.15) is 0 Å². The Hall–Kier alpha value is 1.54. The minimum absolute atomic E-state index is 0. The molecule has 0 fully saturated rings. The summed E-state index contributed by atoms with van der Waals surface area (Å²) in [6.07, 6.45) is 46.8. The molecule has 0 aromatic carbocycles. The van der Waals surface area contributed by atoms with Crippen molar-refractivity contribution in [2.24, 2.45) is 0 Å². The van der Waals surface area contributed by atoms with Crippen molar-refractivity contribution in [2.75, 3.05) is 13.1 Å². The molecule has 5 heteroatoms. The third kappa shape index (κ3) is 46.1. The SMILES string of the molecule is CCCCCCCCCCCCCCCCCC[N]([Ti])CCCCCCCCCCCCCCCCCC.Cl.Cl.Cl. The molecule has 0 bridgehead atoms. The van der Waals surface area contributed by atoms with Crippen LogP contribution in [0.1, 0.15) is 219 Å². The van der Waals surface area contributed by atoms with Crippen molar-refractivity contribution in [1.82, 2.24) is 3.38 Å². The normalized spacial score (nSPS) is 10.8. The molecular weight excluding hydrogens is 601 g/mol. The van der Waals surface area contributed by atoms with Crippen molar-refractivity contribution < 1.29 is 20.7 Å². The molecule has 0 aromatic rings. The van der Waals surface area contributed by atoms with E-state index in [2.05, 4.69) is 37.9 Å². The van der Waals surface area contributed by atoms with Gasteiger partial charge in [0.15, 0.2) is 0 Å². The molecule has 0 saturated heterocycles. The average molecular weight is 678 g/mol. The van der Waals surface area contributed by atoms with E-state index in [1.54, 1.807) is 0 Å². The molecule has 0 heterocycles. The number of hydrogen-bond acceptors (Lipinski definition) is 1. The molecule has 0 aliphatic heterocycles. The van der Waals surface area contributed by atoms with Crippen LogP contribution in [0.5, 0.6) is 0 Å². The van der Waals surface area contributed by atoms with Gasteiger partial charge in [-0.15, -0.1) is 37.2 Å². The Balaban J connectivity index is -0.00000228. The van der Waals surface area contributed by atoms with E-state index in [9.17, 15) is 0 Å². The zero-order valence-corrected chi connectivity index (χ0v) is 32.2. The van der Waals surface area contributed by atoms with Crippen LogP contribution in [0, 0.1) is 0 Å². The minimum Gasteiger partial charge on any atom is -0.147 e. The molecule has 0 aromatic heterocycles.